The van der Waals surface area contributed by atoms with Gasteiger partial charge in [-0.3, -0.25) is 0 Å². The molecule has 1 atom stereocenters. The number of nitrogens with zero attached hydrogens (tertiary/aromatic N) is 1. The number of rotatable bonds is 2. The van der Waals surface area contributed by atoms with Gasteiger partial charge in [-0.1, -0.05) is 38.1 Å². The zero-order valence-electron chi connectivity index (χ0n) is 9.53. The van der Waals surface area contributed by atoms with E-state index in [-0.39, 0.29) is 6.04 Å². The minimum absolute atomic E-state index is 0.198. The zero-order valence-corrected chi connectivity index (χ0v) is 9.53. The Labute approximate surface area is 91.0 Å². The van der Waals surface area contributed by atoms with Gasteiger partial charge in [0.2, 0.25) is 0 Å². The second-order valence-corrected chi connectivity index (χ2v) is 4.31. The fourth-order valence-electron chi connectivity index (χ4n) is 1.83. The summed E-state index contributed by atoms with van der Waals surface area (Å²) in [4.78, 5) is 4.61. The van der Waals surface area contributed by atoms with Gasteiger partial charge in [-0.05, 0) is 18.1 Å². The highest BCUT2D eigenvalue weighted by Crippen LogP contribution is 2.27. The van der Waals surface area contributed by atoms with Crippen molar-refractivity contribution in [2.45, 2.75) is 26.8 Å². The van der Waals surface area contributed by atoms with Crippen LogP contribution in [0.5, 0.6) is 0 Å². The molecule has 1 aliphatic rings. The molecule has 0 radical (unpaired) electrons. The monoisotopic (exact) mass is 203 g/mol. The molecule has 0 aromatic heterocycles. The van der Waals surface area contributed by atoms with Crippen molar-refractivity contribution in [3.63, 3.8) is 0 Å². The molecular formula is C13H17NO. The number of aryl methyl sites for hydroxylation is 1. The van der Waals surface area contributed by atoms with Crippen molar-refractivity contribution in [2.75, 3.05) is 6.61 Å². The molecule has 80 valence electrons. The van der Waals surface area contributed by atoms with Crippen molar-refractivity contribution in [3.8, 4) is 0 Å². The molecule has 0 bridgehead atoms. The van der Waals surface area contributed by atoms with Crippen LogP contribution in [-0.4, -0.2) is 12.5 Å². The lowest BCUT2D eigenvalue weighted by Crippen LogP contribution is -2.06. The number of hydrogen-bond donors (Lipinski definition) is 0. The minimum atomic E-state index is 0.198. The first kappa shape index (κ1) is 10.2. The lowest BCUT2D eigenvalue weighted by Gasteiger charge is -2.08. The zero-order chi connectivity index (χ0) is 10.8. The molecule has 0 fully saturated rings. The molecule has 0 N–H and O–H groups in total. The smallest absolute Gasteiger partial charge is 0.186 e. The minimum Gasteiger partial charge on any atom is -0.478 e. The molecule has 0 spiro atoms. The summed E-state index contributed by atoms with van der Waals surface area (Å²) in [5, 5.41) is 0. The van der Waals surface area contributed by atoms with Crippen LogP contribution < -0.4 is 0 Å². The van der Waals surface area contributed by atoms with Crippen LogP contribution in [-0.2, 0) is 4.74 Å². The quantitative estimate of drug-likeness (QED) is 0.723. The Morgan fingerprint density at radius 3 is 2.67 bits per heavy atom. The van der Waals surface area contributed by atoms with Gasteiger partial charge in [0, 0.05) is 5.92 Å². The van der Waals surface area contributed by atoms with Crippen LogP contribution in [0.15, 0.2) is 29.3 Å². The second-order valence-electron chi connectivity index (χ2n) is 4.31. The Kier molecular flexibility index (Phi) is 2.76. The lowest BCUT2D eigenvalue weighted by atomic mass is 10.0. The number of hydrogen-bond acceptors (Lipinski definition) is 2. The molecule has 1 aromatic carbocycles. The molecule has 0 saturated heterocycles. The van der Waals surface area contributed by atoms with Crippen LogP contribution in [0, 0.1) is 12.8 Å². The average molecular weight is 203 g/mol. The van der Waals surface area contributed by atoms with Crippen LogP contribution in [0.2, 0.25) is 0 Å². The first-order valence-corrected chi connectivity index (χ1v) is 5.44. The summed E-state index contributed by atoms with van der Waals surface area (Å²) in [6.07, 6.45) is 0. The van der Waals surface area contributed by atoms with Crippen molar-refractivity contribution in [3.05, 3.63) is 35.4 Å². The van der Waals surface area contributed by atoms with Crippen LogP contribution in [0.3, 0.4) is 0 Å². The van der Waals surface area contributed by atoms with E-state index < -0.39 is 0 Å². The van der Waals surface area contributed by atoms with Gasteiger partial charge in [0.15, 0.2) is 5.90 Å². The third-order valence-corrected chi connectivity index (χ3v) is 2.71. The highest BCUT2D eigenvalue weighted by atomic mass is 16.5. The summed E-state index contributed by atoms with van der Waals surface area (Å²) < 4.78 is 5.59. The van der Waals surface area contributed by atoms with Crippen molar-refractivity contribution >= 4 is 5.90 Å². The van der Waals surface area contributed by atoms with E-state index in [1.807, 2.05) is 0 Å². The maximum Gasteiger partial charge on any atom is 0.186 e. The Hall–Kier alpha value is -1.31. The van der Waals surface area contributed by atoms with Crippen molar-refractivity contribution in [1.29, 1.82) is 0 Å². The number of ether oxygens (including phenoxy) is 1. The molecular weight excluding hydrogens is 186 g/mol. The fourth-order valence-corrected chi connectivity index (χ4v) is 1.83. The van der Waals surface area contributed by atoms with E-state index in [9.17, 15) is 0 Å². The molecule has 0 saturated carbocycles. The summed E-state index contributed by atoms with van der Waals surface area (Å²) in [6, 6.07) is 8.57. The number of aliphatic imine (C=N–C) groups is 1. The molecule has 1 unspecified atom stereocenters. The van der Waals surface area contributed by atoms with E-state index in [1.54, 1.807) is 0 Å². The maximum absolute atomic E-state index is 5.59. The van der Waals surface area contributed by atoms with Crippen molar-refractivity contribution < 1.29 is 4.74 Å². The number of benzene rings is 1. The fraction of sp³-hybridized carbons (Fsp3) is 0.462. The maximum atomic E-state index is 5.59. The summed E-state index contributed by atoms with van der Waals surface area (Å²) >= 11 is 0. The standard InChI is InChI=1S/C13H17NO/c1-9(2)13-14-12(8-15-13)11-7-5-4-6-10(11)3/h4-7,9,12H,8H2,1-3H3. The molecule has 0 amide bonds. The Balaban J connectivity index is 2.24. The topological polar surface area (TPSA) is 21.6 Å². The SMILES string of the molecule is Cc1ccccc1C1COC(C(C)C)=N1. The van der Waals surface area contributed by atoms with Gasteiger partial charge in [0.1, 0.15) is 12.6 Å². The molecule has 2 heteroatoms. The molecule has 15 heavy (non-hydrogen) atoms. The van der Waals surface area contributed by atoms with E-state index in [0.717, 1.165) is 5.90 Å². The molecule has 2 rings (SSSR count). The second kappa shape index (κ2) is 4.05. The van der Waals surface area contributed by atoms with Crippen LogP contribution in [0.25, 0.3) is 0 Å². The van der Waals surface area contributed by atoms with Gasteiger partial charge >= 0.3 is 0 Å². The Morgan fingerprint density at radius 2 is 2.07 bits per heavy atom. The summed E-state index contributed by atoms with van der Waals surface area (Å²) in [5.41, 5.74) is 2.58. The molecule has 2 nitrogen and oxygen atoms in total. The summed E-state index contributed by atoms with van der Waals surface area (Å²) in [7, 11) is 0. The Bertz CT molecular complexity index is 382. The largest absolute Gasteiger partial charge is 0.478 e. The van der Waals surface area contributed by atoms with E-state index in [1.165, 1.54) is 11.1 Å². The van der Waals surface area contributed by atoms with Gasteiger partial charge in [0.05, 0.1) is 0 Å². The summed E-state index contributed by atoms with van der Waals surface area (Å²) in [5.74, 6) is 1.28. The normalized spacial score (nSPS) is 20.3. The predicted octanol–water partition coefficient (Wildman–Crippen LogP) is 3.12. The average Bonchev–Trinajstić information content (AvgIpc) is 2.67. The molecule has 1 heterocycles. The van der Waals surface area contributed by atoms with Gasteiger partial charge < -0.3 is 4.74 Å². The van der Waals surface area contributed by atoms with E-state index in [2.05, 4.69) is 50.0 Å². The van der Waals surface area contributed by atoms with Crippen LogP contribution in [0.1, 0.15) is 31.0 Å². The van der Waals surface area contributed by atoms with E-state index >= 15 is 0 Å². The summed E-state index contributed by atoms with van der Waals surface area (Å²) in [6.45, 7) is 7.04. The van der Waals surface area contributed by atoms with E-state index in [4.69, 9.17) is 4.74 Å². The lowest BCUT2D eigenvalue weighted by molar-refractivity contribution is 0.303. The molecule has 0 aliphatic carbocycles. The van der Waals surface area contributed by atoms with Gasteiger partial charge in [-0.15, -0.1) is 0 Å². The molecule has 1 aromatic rings. The van der Waals surface area contributed by atoms with Crippen LogP contribution in [0.4, 0.5) is 0 Å². The predicted molar refractivity (Wildman–Crippen MR) is 62.1 cm³/mol. The van der Waals surface area contributed by atoms with Crippen molar-refractivity contribution in [1.82, 2.24) is 0 Å². The van der Waals surface area contributed by atoms with E-state index in [0.29, 0.717) is 12.5 Å². The highest BCUT2D eigenvalue weighted by Gasteiger charge is 2.22. The van der Waals surface area contributed by atoms with Gasteiger partial charge in [0.25, 0.3) is 0 Å². The van der Waals surface area contributed by atoms with Crippen LogP contribution >= 0.6 is 0 Å². The Morgan fingerprint density at radius 1 is 1.33 bits per heavy atom. The van der Waals surface area contributed by atoms with Crippen molar-refractivity contribution in [2.24, 2.45) is 10.9 Å². The third kappa shape index (κ3) is 2.04. The first-order chi connectivity index (χ1) is 7.18. The van der Waals surface area contributed by atoms with Gasteiger partial charge in [-0.2, -0.15) is 0 Å². The molecule has 1 aliphatic heterocycles. The highest BCUT2D eigenvalue weighted by molar-refractivity contribution is 5.79. The first-order valence-electron chi connectivity index (χ1n) is 5.44. The van der Waals surface area contributed by atoms with Gasteiger partial charge in [-0.25, -0.2) is 4.99 Å². The third-order valence-electron chi connectivity index (χ3n) is 2.71.